The molecule has 4 aliphatic carbocycles. The first-order chi connectivity index (χ1) is 8.26. The minimum atomic E-state index is 0.552. The van der Waals surface area contributed by atoms with Crippen LogP contribution in [0, 0.1) is 46.8 Å². The van der Waals surface area contributed by atoms with Crippen molar-refractivity contribution in [1.29, 1.82) is 0 Å². The molecule has 3 saturated carbocycles. The molecule has 7 atom stereocenters. The fraction of sp³-hybridized carbons (Fsp3) is 0.875. The molecular weight excluding hydrogens is 208 g/mol. The molecule has 0 amide bonds. The van der Waals surface area contributed by atoms with Crippen LogP contribution >= 0.6 is 0 Å². The summed E-state index contributed by atoms with van der Waals surface area (Å²) in [7, 11) is 0. The van der Waals surface area contributed by atoms with Crippen LogP contribution < -0.4 is 0 Å². The lowest BCUT2D eigenvalue weighted by molar-refractivity contribution is -0.153. The Morgan fingerprint density at radius 1 is 1.00 bits per heavy atom. The quantitative estimate of drug-likeness (QED) is 0.497. The monoisotopic (exact) mass is 230 g/mol. The Kier molecular flexibility index (Phi) is 1.59. The third kappa shape index (κ3) is 0.985. The maximum atomic E-state index is 5.52. The number of rotatable bonds is 1. The van der Waals surface area contributed by atoms with Crippen LogP contribution in [0.25, 0.3) is 0 Å². The third-order valence-corrected chi connectivity index (χ3v) is 7.03. The predicted octanol–water partition coefficient (Wildman–Crippen LogP) is 3.12. The first-order valence-electron chi connectivity index (χ1n) is 7.52. The lowest BCUT2D eigenvalue weighted by atomic mass is 9.61. The van der Waals surface area contributed by atoms with Crippen molar-refractivity contribution in [3.63, 3.8) is 0 Å². The summed E-state index contributed by atoms with van der Waals surface area (Å²) in [6.45, 7) is 4.57. The zero-order valence-corrected chi connectivity index (χ0v) is 10.6. The molecule has 4 fully saturated rings. The van der Waals surface area contributed by atoms with E-state index < -0.39 is 0 Å². The van der Waals surface area contributed by atoms with Crippen LogP contribution in [0.1, 0.15) is 26.2 Å². The van der Waals surface area contributed by atoms with E-state index in [1.807, 2.05) is 0 Å². The lowest BCUT2D eigenvalue weighted by Crippen LogP contribution is -2.50. The van der Waals surface area contributed by atoms with Gasteiger partial charge in [0.1, 0.15) is 0 Å². The minimum absolute atomic E-state index is 0.552. The smallest absolute Gasteiger partial charge is 0.0544 e. The standard InChI is InChI=1S/C16H22O/c1-16(7-17-8-16)13-6-11-5-12(13)15-10-3-2-9(4-10)14(11)15/h2-3,9-15H,4-8H2,1H3. The molecule has 0 aromatic heterocycles. The van der Waals surface area contributed by atoms with E-state index in [-0.39, 0.29) is 0 Å². The largest absolute Gasteiger partial charge is 0.380 e. The Labute approximate surface area is 104 Å². The molecule has 0 spiro atoms. The highest BCUT2D eigenvalue weighted by molar-refractivity contribution is 5.21. The van der Waals surface area contributed by atoms with Crippen LogP contribution in [0.15, 0.2) is 12.2 Å². The highest BCUT2D eigenvalue weighted by Gasteiger charge is 2.64. The van der Waals surface area contributed by atoms with E-state index in [0.29, 0.717) is 5.41 Å². The van der Waals surface area contributed by atoms with Crippen LogP contribution in [0.4, 0.5) is 0 Å². The zero-order chi connectivity index (χ0) is 11.2. The van der Waals surface area contributed by atoms with Crippen molar-refractivity contribution in [2.45, 2.75) is 26.2 Å². The molecule has 92 valence electrons. The van der Waals surface area contributed by atoms with Crippen molar-refractivity contribution >= 4 is 0 Å². The average Bonchev–Trinajstić information content (AvgIpc) is 3.01. The Morgan fingerprint density at radius 2 is 1.76 bits per heavy atom. The second-order valence-corrected chi connectivity index (χ2v) is 7.75. The molecule has 0 aromatic rings. The third-order valence-electron chi connectivity index (χ3n) is 7.03. The van der Waals surface area contributed by atoms with Crippen LogP contribution in [0.5, 0.6) is 0 Å². The molecule has 7 unspecified atom stereocenters. The molecule has 4 bridgehead atoms. The molecule has 5 aliphatic rings. The number of hydrogen-bond donors (Lipinski definition) is 0. The van der Waals surface area contributed by atoms with Gasteiger partial charge in [0.25, 0.3) is 0 Å². The molecule has 0 radical (unpaired) electrons. The molecule has 0 aromatic carbocycles. The van der Waals surface area contributed by atoms with Gasteiger partial charge in [0.05, 0.1) is 13.2 Å². The van der Waals surface area contributed by atoms with Crippen molar-refractivity contribution in [1.82, 2.24) is 0 Å². The molecule has 5 rings (SSSR count). The van der Waals surface area contributed by atoms with Gasteiger partial charge in [0.15, 0.2) is 0 Å². The summed E-state index contributed by atoms with van der Waals surface area (Å²) >= 11 is 0. The van der Waals surface area contributed by atoms with E-state index in [1.54, 1.807) is 6.42 Å². The Hall–Kier alpha value is -0.300. The average molecular weight is 230 g/mol. The number of ether oxygens (including phenoxy) is 1. The van der Waals surface area contributed by atoms with Gasteiger partial charge < -0.3 is 4.74 Å². The zero-order valence-electron chi connectivity index (χ0n) is 10.6. The van der Waals surface area contributed by atoms with E-state index in [9.17, 15) is 0 Å². The number of fused-ring (bicyclic) bond motifs is 9. The van der Waals surface area contributed by atoms with Gasteiger partial charge in [0.2, 0.25) is 0 Å². The molecule has 1 saturated heterocycles. The van der Waals surface area contributed by atoms with Crippen LogP contribution in [-0.2, 0) is 4.74 Å². The summed E-state index contributed by atoms with van der Waals surface area (Å²) < 4.78 is 5.52. The van der Waals surface area contributed by atoms with Gasteiger partial charge in [0, 0.05) is 5.41 Å². The first kappa shape index (κ1) is 9.61. The number of allylic oxidation sites excluding steroid dienone is 2. The van der Waals surface area contributed by atoms with Gasteiger partial charge in [-0.1, -0.05) is 19.1 Å². The van der Waals surface area contributed by atoms with Crippen molar-refractivity contribution in [3.8, 4) is 0 Å². The normalized spacial score (nSPS) is 60.6. The van der Waals surface area contributed by atoms with Gasteiger partial charge >= 0.3 is 0 Å². The van der Waals surface area contributed by atoms with Crippen molar-refractivity contribution in [2.24, 2.45) is 46.8 Å². The summed E-state index contributed by atoms with van der Waals surface area (Å²) in [6, 6.07) is 0. The Bertz CT molecular complexity index is 394. The molecule has 0 N–H and O–H groups in total. The molecule has 1 aliphatic heterocycles. The van der Waals surface area contributed by atoms with Gasteiger partial charge in [-0.2, -0.15) is 0 Å². The SMILES string of the molecule is CC1(C2CC3CC2C2C4C=CC(C4)C32)COC1. The van der Waals surface area contributed by atoms with Gasteiger partial charge in [-0.3, -0.25) is 0 Å². The van der Waals surface area contributed by atoms with E-state index in [2.05, 4.69) is 19.1 Å². The second-order valence-electron chi connectivity index (χ2n) is 7.75. The van der Waals surface area contributed by atoms with E-state index in [4.69, 9.17) is 4.74 Å². The Balaban J connectivity index is 1.50. The molecule has 1 heterocycles. The van der Waals surface area contributed by atoms with Crippen molar-refractivity contribution in [2.75, 3.05) is 13.2 Å². The number of hydrogen-bond acceptors (Lipinski definition) is 1. The van der Waals surface area contributed by atoms with Gasteiger partial charge in [-0.25, -0.2) is 0 Å². The molecule has 17 heavy (non-hydrogen) atoms. The van der Waals surface area contributed by atoms with Crippen molar-refractivity contribution < 1.29 is 4.74 Å². The van der Waals surface area contributed by atoms with E-state index in [1.165, 1.54) is 12.8 Å². The molecular formula is C16H22O. The highest BCUT2D eigenvalue weighted by Crippen LogP contribution is 2.69. The summed E-state index contributed by atoms with van der Waals surface area (Å²) in [4.78, 5) is 0. The summed E-state index contributed by atoms with van der Waals surface area (Å²) in [6.07, 6.45) is 9.70. The minimum Gasteiger partial charge on any atom is -0.380 e. The van der Waals surface area contributed by atoms with Gasteiger partial charge in [-0.05, 0) is 60.7 Å². The van der Waals surface area contributed by atoms with Crippen LogP contribution in [0.3, 0.4) is 0 Å². The summed E-state index contributed by atoms with van der Waals surface area (Å²) in [5.74, 6) is 7.24. The van der Waals surface area contributed by atoms with E-state index in [0.717, 1.165) is 54.6 Å². The highest BCUT2D eigenvalue weighted by atomic mass is 16.5. The fourth-order valence-electron chi connectivity index (χ4n) is 6.46. The van der Waals surface area contributed by atoms with Crippen molar-refractivity contribution in [3.05, 3.63) is 12.2 Å². The molecule has 1 heteroatoms. The van der Waals surface area contributed by atoms with Crippen LogP contribution in [0.2, 0.25) is 0 Å². The topological polar surface area (TPSA) is 9.23 Å². The molecule has 1 nitrogen and oxygen atoms in total. The van der Waals surface area contributed by atoms with Crippen LogP contribution in [-0.4, -0.2) is 13.2 Å². The Morgan fingerprint density at radius 3 is 2.47 bits per heavy atom. The lowest BCUT2D eigenvalue weighted by Gasteiger charge is -2.49. The maximum Gasteiger partial charge on any atom is 0.0544 e. The summed E-state index contributed by atoms with van der Waals surface area (Å²) in [5, 5.41) is 0. The van der Waals surface area contributed by atoms with Gasteiger partial charge in [-0.15, -0.1) is 0 Å². The van der Waals surface area contributed by atoms with E-state index >= 15 is 0 Å². The summed E-state index contributed by atoms with van der Waals surface area (Å²) in [5.41, 5.74) is 0.552. The second kappa shape index (κ2) is 2.82. The fourth-order valence-corrected chi connectivity index (χ4v) is 6.46. The first-order valence-corrected chi connectivity index (χ1v) is 7.52. The predicted molar refractivity (Wildman–Crippen MR) is 66.3 cm³/mol. The maximum absolute atomic E-state index is 5.52.